The SMILES string of the molecule is CN(CC(=O)NC[C@H](O)C(=O)O)c1ncccn1. The summed E-state index contributed by atoms with van der Waals surface area (Å²) in [5.74, 6) is -1.42. The minimum atomic E-state index is -1.60. The number of likely N-dealkylation sites (N-methyl/N-ethyl adjacent to an activating group) is 1. The van der Waals surface area contributed by atoms with Crippen molar-refractivity contribution < 1.29 is 19.8 Å². The summed E-state index contributed by atoms with van der Waals surface area (Å²) in [7, 11) is 1.63. The van der Waals surface area contributed by atoms with E-state index in [1.165, 1.54) is 4.90 Å². The highest BCUT2D eigenvalue weighted by molar-refractivity contribution is 5.81. The first kappa shape index (κ1) is 13.8. The Morgan fingerprint density at radius 1 is 1.44 bits per heavy atom. The maximum atomic E-state index is 11.4. The molecule has 0 saturated carbocycles. The van der Waals surface area contributed by atoms with E-state index >= 15 is 0 Å². The maximum Gasteiger partial charge on any atom is 0.334 e. The fourth-order valence-electron chi connectivity index (χ4n) is 1.13. The second-order valence-corrected chi connectivity index (χ2v) is 3.56. The van der Waals surface area contributed by atoms with E-state index < -0.39 is 18.0 Å². The van der Waals surface area contributed by atoms with Crippen molar-refractivity contribution in [2.45, 2.75) is 6.10 Å². The van der Waals surface area contributed by atoms with Gasteiger partial charge in [0.2, 0.25) is 11.9 Å². The van der Waals surface area contributed by atoms with Gasteiger partial charge in [-0.25, -0.2) is 14.8 Å². The van der Waals surface area contributed by atoms with Crippen molar-refractivity contribution >= 4 is 17.8 Å². The number of aliphatic hydroxyl groups is 1. The molecule has 0 radical (unpaired) electrons. The van der Waals surface area contributed by atoms with Gasteiger partial charge in [0.15, 0.2) is 6.10 Å². The van der Waals surface area contributed by atoms with Gasteiger partial charge in [-0.15, -0.1) is 0 Å². The molecule has 1 amide bonds. The van der Waals surface area contributed by atoms with E-state index in [2.05, 4.69) is 15.3 Å². The molecule has 3 N–H and O–H groups in total. The number of carbonyl (C=O) groups is 2. The fraction of sp³-hybridized carbons (Fsp3) is 0.400. The van der Waals surface area contributed by atoms with E-state index in [0.717, 1.165) is 0 Å². The van der Waals surface area contributed by atoms with Gasteiger partial charge in [0.1, 0.15) is 0 Å². The van der Waals surface area contributed by atoms with Gasteiger partial charge < -0.3 is 20.4 Å². The van der Waals surface area contributed by atoms with Crippen LogP contribution in [0.1, 0.15) is 0 Å². The van der Waals surface area contributed by atoms with Crippen molar-refractivity contribution in [3.8, 4) is 0 Å². The molecule has 0 aromatic carbocycles. The molecule has 0 aliphatic rings. The third-order valence-corrected chi connectivity index (χ3v) is 2.05. The van der Waals surface area contributed by atoms with E-state index in [0.29, 0.717) is 5.95 Å². The van der Waals surface area contributed by atoms with Gasteiger partial charge in [-0.1, -0.05) is 0 Å². The number of rotatable bonds is 6. The van der Waals surface area contributed by atoms with Gasteiger partial charge in [-0.05, 0) is 6.07 Å². The number of anilines is 1. The fourth-order valence-corrected chi connectivity index (χ4v) is 1.13. The second kappa shape index (κ2) is 6.50. The first-order valence-corrected chi connectivity index (χ1v) is 5.16. The molecule has 0 saturated heterocycles. The molecule has 0 unspecified atom stereocenters. The van der Waals surface area contributed by atoms with Gasteiger partial charge >= 0.3 is 5.97 Å². The van der Waals surface area contributed by atoms with Gasteiger partial charge in [-0.2, -0.15) is 0 Å². The van der Waals surface area contributed by atoms with Crippen LogP contribution in [-0.2, 0) is 9.59 Å². The number of nitrogens with zero attached hydrogens (tertiary/aromatic N) is 3. The Balaban J connectivity index is 2.39. The third-order valence-electron chi connectivity index (χ3n) is 2.05. The topological polar surface area (TPSA) is 116 Å². The zero-order chi connectivity index (χ0) is 13.5. The number of aromatic nitrogens is 2. The van der Waals surface area contributed by atoms with Crippen LogP contribution in [0.2, 0.25) is 0 Å². The Kier molecular flexibility index (Phi) is 5.00. The summed E-state index contributed by atoms with van der Waals surface area (Å²) in [6, 6.07) is 1.65. The molecule has 0 bridgehead atoms. The number of aliphatic carboxylic acids is 1. The number of nitrogens with one attached hydrogen (secondary N) is 1. The number of carboxylic acids is 1. The summed E-state index contributed by atoms with van der Waals surface area (Å²) in [6.07, 6.45) is 1.49. The van der Waals surface area contributed by atoms with Gasteiger partial charge in [-0.3, -0.25) is 4.79 Å². The molecule has 18 heavy (non-hydrogen) atoms. The number of hydrogen-bond donors (Lipinski definition) is 3. The third kappa shape index (κ3) is 4.34. The normalized spacial score (nSPS) is 11.7. The average molecular weight is 254 g/mol. The van der Waals surface area contributed by atoms with Crippen LogP contribution in [0.25, 0.3) is 0 Å². The lowest BCUT2D eigenvalue weighted by Crippen LogP contribution is -2.41. The molecule has 0 aliphatic carbocycles. The van der Waals surface area contributed by atoms with Crippen molar-refractivity contribution in [1.82, 2.24) is 15.3 Å². The Hall–Kier alpha value is -2.22. The first-order valence-electron chi connectivity index (χ1n) is 5.16. The lowest BCUT2D eigenvalue weighted by molar-refractivity contribution is -0.146. The van der Waals surface area contributed by atoms with Crippen molar-refractivity contribution in [3.05, 3.63) is 18.5 Å². The zero-order valence-electron chi connectivity index (χ0n) is 9.78. The summed E-state index contributed by atoms with van der Waals surface area (Å²) in [5.41, 5.74) is 0. The summed E-state index contributed by atoms with van der Waals surface area (Å²) in [5, 5.41) is 19.7. The molecule has 0 fully saturated rings. The van der Waals surface area contributed by atoms with Crippen LogP contribution in [0.15, 0.2) is 18.5 Å². The summed E-state index contributed by atoms with van der Waals surface area (Å²) >= 11 is 0. The highest BCUT2D eigenvalue weighted by Crippen LogP contribution is 2.00. The average Bonchev–Trinajstić information content (AvgIpc) is 2.36. The maximum absolute atomic E-state index is 11.4. The molecule has 8 heteroatoms. The van der Waals surface area contributed by atoms with E-state index in [1.54, 1.807) is 25.5 Å². The van der Waals surface area contributed by atoms with Gasteiger partial charge in [0.05, 0.1) is 13.1 Å². The predicted molar refractivity (Wildman–Crippen MR) is 62.0 cm³/mol. The molecule has 0 aliphatic heterocycles. The molecule has 1 heterocycles. The molecular weight excluding hydrogens is 240 g/mol. The lowest BCUT2D eigenvalue weighted by atomic mass is 10.3. The minimum absolute atomic E-state index is 0.0314. The zero-order valence-corrected chi connectivity index (χ0v) is 9.78. The van der Waals surface area contributed by atoms with E-state index in [9.17, 15) is 9.59 Å². The van der Waals surface area contributed by atoms with Crippen LogP contribution in [0.4, 0.5) is 5.95 Å². The Labute approximate surface area is 103 Å². The van der Waals surface area contributed by atoms with Crippen molar-refractivity contribution in [3.63, 3.8) is 0 Å². The van der Waals surface area contributed by atoms with Crippen LogP contribution >= 0.6 is 0 Å². The molecule has 1 aromatic rings. The van der Waals surface area contributed by atoms with Crippen LogP contribution in [0, 0.1) is 0 Å². The first-order chi connectivity index (χ1) is 8.50. The summed E-state index contributed by atoms with van der Waals surface area (Å²) in [4.78, 5) is 31.2. The van der Waals surface area contributed by atoms with Crippen molar-refractivity contribution in [1.29, 1.82) is 0 Å². The Morgan fingerprint density at radius 3 is 2.61 bits per heavy atom. The monoisotopic (exact) mass is 254 g/mol. The number of carbonyl (C=O) groups excluding carboxylic acids is 1. The van der Waals surface area contributed by atoms with Gasteiger partial charge in [0, 0.05) is 19.4 Å². The van der Waals surface area contributed by atoms with Crippen LogP contribution in [0.5, 0.6) is 0 Å². The van der Waals surface area contributed by atoms with E-state index in [1.807, 2.05) is 0 Å². The van der Waals surface area contributed by atoms with Crippen molar-refractivity contribution in [2.24, 2.45) is 0 Å². The van der Waals surface area contributed by atoms with E-state index in [4.69, 9.17) is 10.2 Å². The molecule has 1 atom stereocenters. The molecule has 0 spiro atoms. The smallest absolute Gasteiger partial charge is 0.334 e. The number of aliphatic hydroxyl groups excluding tert-OH is 1. The molecular formula is C10H14N4O4. The van der Waals surface area contributed by atoms with Crippen LogP contribution < -0.4 is 10.2 Å². The highest BCUT2D eigenvalue weighted by atomic mass is 16.4. The molecule has 8 nitrogen and oxygen atoms in total. The Morgan fingerprint density at radius 2 is 2.06 bits per heavy atom. The second-order valence-electron chi connectivity index (χ2n) is 3.56. The van der Waals surface area contributed by atoms with Crippen LogP contribution in [-0.4, -0.2) is 58.3 Å². The Bertz CT molecular complexity index is 412. The van der Waals surface area contributed by atoms with Crippen LogP contribution in [0.3, 0.4) is 0 Å². The predicted octanol–water partition coefficient (Wildman–Crippen LogP) is -1.53. The minimum Gasteiger partial charge on any atom is -0.479 e. The molecule has 1 rings (SSSR count). The number of carboxylic acid groups (broad SMARTS) is 1. The number of amides is 1. The molecule has 98 valence electrons. The summed E-state index contributed by atoms with van der Waals surface area (Å²) < 4.78 is 0. The standard InChI is InChI=1S/C10H14N4O4/c1-14(10-11-3-2-4-12-10)6-8(16)13-5-7(15)9(17)18/h2-4,7,15H,5-6H2,1H3,(H,13,16)(H,17,18)/t7-/m0/s1. The van der Waals surface area contributed by atoms with Crippen molar-refractivity contribution in [2.75, 3.05) is 25.0 Å². The van der Waals surface area contributed by atoms with E-state index in [-0.39, 0.29) is 13.1 Å². The summed E-state index contributed by atoms with van der Waals surface area (Å²) in [6.45, 7) is -0.367. The number of hydrogen-bond acceptors (Lipinski definition) is 6. The lowest BCUT2D eigenvalue weighted by Gasteiger charge is -2.16. The quantitative estimate of drug-likeness (QED) is 0.564. The van der Waals surface area contributed by atoms with Gasteiger partial charge in [0.25, 0.3) is 0 Å². The largest absolute Gasteiger partial charge is 0.479 e. The highest BCUT2D eigenvalue weighted by Gasteiger charge is 2.15. The molecule has 1 aromatic heterocycles.